The topological polar surface area (TPSA) is 46.6 Å². The monoisotopic (exact) mass is 459 g/mol. The summed E-state index contributed by atoms with van der Waals surface area (Å²) >= 11 is 1.38. The third kappa shape index (κ3) is 5.21. The molecule has 1 aliphatic heterocycles. The van der Waals surface area contributed by atoms with Crippen LogP contribution in [-0.4, -0.2) is 50.0 Å². The van der Waals surface area contributed by atoms with E-state index < -0.39 is 16.6 Å². The molecule has 7 heteroatoms. The van der Waals surface area contributed by atoms with Crippen LogP contribution in [0.5, 0.6) is 0 Å². The molecule has 0 saturated carbocycles. The van der Waals surface area contributed by atoms with Crippen molar-refractivity contribution in [2.75, 3.05) is 5.75 Å². The van der Waals surface area contributed by atoms with Crippen LogP contribution in [0.4, 0.5) is 0 Å². The van der Waals surface area contributed by atoms with Crippen LogP contribution in [0.15, 0.2) is 0 Å². The third-order valence-electron chi connectivity index (χ3n) is 7.59. The van der Waals surface area contributed by atoms with Crippen molar-refractivity contribution in [2.24, 2.45) is 11.8 Å². The first-order valence-electron chi connectivity index (χ1n) is 11.0. The van der Waals surface area contributed by atoms with E-state index in [-0.39, 0.29) is 45.1 Å². The molecule has 1 saturated heterocycles. The Hall–Kier alpha value is -0.116. The predicted octanol–water partition coefficient (Wildman–Crippen LogP) is 6.14. The molecular formula is C22H45NO3SSi2. The van der Waals surface area contributed by atoms with E-state index in [0.717, 1.165) is 5.75 Å². The molecule has 1 amide bonds. The maximum Gasteiger partial charge on any atom is 0.222 e. The first-order valence-corrected chi connectivity index (χ1v) is 17.8. The van der Waals surface area contributed by atoms with Crippen LogP contribution in [0.2, 0.25) is 36.3 Å². The summed E-state index contributed by atoms with van der Waals surface area (Å²) < 4.78 is 8.76. The highest BCUT2D eigenvalue weighted by Gasteiger charge is 2.61. The first-order chi connectivity index (χ1) is 12.8. The molecule has 29 heavy (non-hydrogen) atoms. The van der Waals surface area contributed by atoms with Crippen LogP contribution in [0.25, 0.3) is 0 Å². The molecule has 0 aromatic rings. The van der Waals surface area contributed by atoms with Gasteiger partial charge >= 0.3 is 0 Å². The molecule has 1 aliphatic rings. The number of hydrogen-bond donors (Lipinski definition) is 0. The largest absolute Gasteiger partial charge is 0.413 e. The van der Waals surface area contributed by atoms with Gasteiger partial charge in [-0.15, -0.1) is 0 Å². The highest BCUT2D eigenvalue weighted by atomic mass is 32.2. The summed E-state index contributed by atoms with van der Waals surface area (Å²) in [5.41, 5.74) is 0. The Morgan fingerprint density at radius 2 is 1.55 bits per heavy atom. The Labute approximate surface area is 186 Å². The Morgan fingerprint density at radius 3 is 1.93 bits per heavy atom. The smallest absolute Gasteiger partial charge is 0.222 e. The zero-order valence-electron chi connectivity index (χ0n) is 21.1. The standard InChI is InChI=1S/C22H45NO3SSi2/c1-14-27-20(25)15(2)18-17(16(3)26-29(12,13)22(7,8)9)19(24)23(18)28(10,11)21(4,5)6/h15-18H,14H2,1-13H3/t15-,16-,17-,18-/m1/s1. The molecule has 170 valence electrons. The third-order valence-corrected chi connectivity index (χ3v) is 18.5. The molecule has 0 unspecified atom stereocenters. The zero-order chi connectivity index (χ0) is 23.2. The van der Waals surface area contributed by atoms with E-state index in [0.29, 0.717) is 0 Å². The lowest BCUT2D eigenvalue weighted by Gasteiger charge is -2.61. The average molecular weight is 460 g/mol. The van der Waals surface area contributed by atoms with Crippen molar-refractivity contribution in [2.45, 2.75) is 111 Å². The number of thioether (sulfide) groups is 1. The van der Waals surface area contributed by atoms with Crippen LogP contribution in [0.1, 0.15) is 62.3 Å². The summed E-state index contributed by atoms with van der Waals surface area (Å²) in [4.78, 5) is 26.3. The van der Waals surface area contributed by atoms with E-state index in [1.807, 2.05) is 20.8 Å². The SMILES string of the molecule is CCSC(=O)[C@H](C)[C@@H]1[C@@H]([C@@H](C)O[Si](C)(C)C(C)(C)C)C(=O)N1[Si](C)(C)C(C)(C)C. The van der Waals surface area contributed by atoms with Crippen LogP contribution in [0.3, 0.4) is 0 Å². The zero-order valence-corrected chi connectivity index (χ0v) is 23.9. The summed E-state index contributed by atoms with van der Waals surface area (Å²) in [5, 5.41) is 0.316. The summed E-state index contributed by atoms with van der Waals surface area (Å²) in [6, 6.07) is -0.0605. The molecule has 0 N–H and O–H groups in total. The maximum atomic E-state index is 13.5. The molecule has 1 heterocycles. The van der Waals surface area contributed by atoms with E-state index in [4.69, 9.17) is 4.43 Å². The maximum absolute atomic E-state index is 13.5. The van der Waals surface area contributed by atoms with Crippen LogP contribution in [0, 0.1) is 11.8 Å². The van der Waals surface area contributed by atoms with Crippen molar-refractivity contribution in [1.29, 1.82) is 0 Å². The van der Waals surface area contributed by atoms with Crippen LogP contribution >= 0.6 is 11.8 Å². The molecule has 4 atom stereocenters. The number of rotatable bonds is 7. The van der Waals surface area contributed by atoms with Gasteiger partial charge in [0.1, 0.15) is 0 Å². The molecule has 0 aromatic carbocycles. The quantitative estimate of drug-likeness (QED) is 0.338. The van der Waals surface area contributed by atoms with E-state index in [9.17, 15) is 9.59 Å². The number of β-lactam (4-membered cyclic amide) rings is 1. The lowest BCUT2D eigenvalue weighted by molar-refractivity contribution is -0.158. The average Bonchev–Trinajstić information content (AvgIpc) is 2.48. The van der Waals surface area contributed by atoms with Gasteiger partial charge in [-0.1, -0.05) is 80.2 Å². The fourth-order valence-electron chi connectivity index (χ4n) is 3.68. The minimum Gasteiger partial charge on any atom is -0.413 e. The van der Waals surface area contributed by atoms with Gasteiger partial charge in [0.05, 0.1) is 12.0 Å². The highest BCUT2D eigenvalue weighted by Crippen LogP contribution is 2.49. The van der Waals surface area contributed by atoms with Crippen molar-refractivity contribution in [3.8, 4) is 0 Å². The van der Waals surface area contributed by atoms with Crippen molar-refractivity contribution < 1.29 is 14.0 Å². The fraction of sp³-hybridized carbons (Fsp3) is 0.909. The summed E-state index contributed by atoms with van der Waals surface area (Å²) in [5.74, 6) is 0.552. The van der Waals surface area contributed by atoms with Crippen LogP contribution < -0.4 is 0 Å². The van der Waals surface area contributed by atoms with Gasteiger partial charge in [0, 0.05) is 12.0 Å². The molecule has 1 fully saturated rings. The van der Waals surface area contributed by atoms with Gasteiger partial charge in [-0.25, -0.2) is 0 Å². The van der Waals surface area contributed by atoms with E-state index >= 15 is 0 Å². The lowest BCUT2D eigenvalue weighted by Crippen LogP contribution is -2.76. The Balaban J connectivity index is 3.29. The molecular weight excluding hydrogens is 414 g/mol. The van der Waals surface area contributed by atoms with E-state index in [2.05, 4.69) is 72.3 Å². The van der Waals surface area contributed by atoms with Crippen molar-refractivity contribution >= 4 is 39.3 Å². The number of nitrogens with zero attached hydrogens (tertiary/aromatic N) is 1. The Morgan fingerprint density at radius 1 is 1.07 bits per heavy atom. The number of carbonyl (C=O) groups excluding carboxylic acids is 2. The Bertz CT molecular complexity index is 623. The van der Waals surface area contributed by atoms with Gasteiger partial charge in [-0.3, -0.25) is 9.59 Å². The molecule has 0 bridgehead atoms. The minimum atomic E-state index is -2.08. The fourth-order valence-corrected chi connectivity index (χ4v) is 8.35. The molecule has 0 radical (unpaired) electrons. The van der Waals surface area contributed by atoms with Gasteiger partial charge in [0.15, 0.2) is 21.7 Å². The molecule has 1 rings (SSSR count). The summed E-state index contributed by atoms with van der Waals surface area (Å²) in [6.45, 7) is 28.4. The second kappa shape index (κ2) is 8.79. The van der Waals surface area contributed by atoms with Crippen molar-refractivity contribution in [3.05, 3.63) is 0 Å². The summed E-state index contributed by atoms with van der Waals surface area (Å²) in [7, 11) is -4.09. The predicted molar refractivity (Wildman–Crippen MR) is 131 cm³/mol. The first kappa shape index (κ1) is 26.9. The van der Waals surface area contributed by atoms with Crippen LogP contribution in [-0.2, 0) is 14.0 Å². The second-order valence-corrected chi connectivity index (χ2v) is 22.8. The van der Waals surface area contributed by atoms with Gasteiger partial charge in [0.2, 0.25) is 5.91 Å². The van der Waals surface area contributed by atoms with E-state index in [1.165, 1.54) is 11.8 Å². The molecule has 0 spiro atoms. The number of carbonyl (C=O) groups is 2. The van der Waals surface area contributed by atoms with Gasteiger partial charge < -0.3 is 8.99 Å². The van der Waals surface area contributed by atoms with Crippen molar-refractivity contribution in [1.82, 2.24) is 4.57 Å². The molecule has 0 aliphatic carbocycles. The highest BCUT2D eigenvalue weighted by molar-refractivity contribution is 8.13. The second-order valence-electron chi connectivity index (χ2n) is 11.7. The van der Waals surface area contributed by atoms with Gasteiger partial charge in [0.25, 0.3) is 0 Å². The summed E-state index contributed by atoms with van der Waals surface area (Å²) in [6.07, 6.45) is -0.170. The van der Waals surface area contributed by atoms with E-state index in [1.54, 1.807) is 0 Å². The normalized spacial score (nSPS) is 23.6. The van der Waals surface area contributed by atoms with Crippen molar-refractivity contribution in [3.63, 3.8) is 0 Å². The van der Waals surface area contributed by atoms with Gasteiger partial charge in [-0.05, 0) is 35.8 Å². The molecule has 0 aromatic heterocycles. The van der Waals surface area contributed by atoms with Gasteiger partial charge in [-0.2, -0.15) is 0 Å². The lowest BCUT2D eigenvalue weighted by atomic mass is 9.79. The number of hydrogen-bond acceptors (Lipinski definition) is 4. The number of amides is 1. The minimum absolute atomic E-state index is 0.0378. The Kier molecular flexibility index (Phi) is 8.16. The molecule has 4 nitrogen and oxygen atoms in total.